The number of aromatic amines is 1. The normalized spacial score (nSPS) is 9.89. The van der Waals surface area contributed by atoms with Crippen LogP contribution < -0.4 is 14.8 Å². The lowest BCUT2D eigenvalue weighted by molar-refractivity contribution is 0.102. The maximum Gasteiger partial charge on any atom is 0.259 e. The van der Waals surface area contributed by atoms with Crippen LogP contribution in [0.2, 0.25) is 0 Å². The summed E-state index contributed by atoms with van der Waals surface area (Å²) in [5.41, 5.74) is 0.989. The molecule has 2 aromatic rings. The number of H-pyrrole nitrogens is 1. The van der Waals surface area contributed by atoms with Crippen molar-refractivity contribution in [1.29, 1.82) is 0 Å². The molecule has 0 bridgehead atoms. The highest BCUT2D eigenvalue weighted by molar-refractivity contribution is 6.06. The van der Waals surface area contributed by atoms with Crippen molar-refractivity contribution in [2.24, 2.45) is 0 Å². The first-order chi connectivity index (χ1) is 8.76. The van der Waals surface area contributed by atoms with Gasteiger partial charge in [-0.1, -0.05) is 6.07 Å². The molecule has 1 aromatic carbocycles. The quantitative estimate of drug-likeness (QED) is 0.861. The third-order valence-electron chi connectivity index (χ3n) is 2.40. The van der Waals surface area contributed by atoms with E-state index in [1.165, 1.54) is 20.4 Å². The lowest BCUT2D eigenvalue weighted by Gasteiger charge is -2.11. The van der Waals surface area contributed by atoms with E-state index in [1.807, 2.05) is 0 Å². The zero-order valence-corrected chi connectivity index (χ0v) is 10.1. The van der Waals surface area contributed by atoms with Crippen LogP contribution in [-0.2, 0) is 0 Å². The van der Waals surface area contributed by atoms with E-state index in [2.05, 4.69) is 15.5 Å². The van der Waals surface area contributed by atoms with Gasteiger partial charge in [0.1, 0.15) is 0 Å². The molecule has 1 heterocycles. The standard InChI is InChI=1S/C12H13N3O3/c1-17-10-5-3-4-9(11(10)18-2)12(16)15-8-6-13-14-7-8/h3-7H,1-2H3,(H,13,14)(H,15,16). The van der Waals surface area contributed by atoms with E-state index in [9.17, 15) is 4.79 Å². The van der Waals surface area contributed by atoms with Crippen molar-refractivity contribution in [3.63, 3.8) is 0 Å². The number of amides is 1. The molecule has 0 fully saturated rings. The molecule has 0 saturated carbocycles. The highest BCUT2D eigenvalue weighted by atomic mass is 16.5. The second-order valence-corrected chi connectivity index (χ2v) is 3.48. The van der Waals surface area contributed by atoms with Gasteiger partial charge in [0.2, 0.25) is 0 Å². The number of anilines is 1. The minimum atomic E-state index is -0.285. The molecule has 0 radical (unpaired) electrons. The average molecular weight is 247 g/mol. The smallest absolute Gasteiger partial charge is 0.259 e. The number of carbonyl (C=O) groups is 1. The van der Waals surface area contributed by atoms with Gasteiger partial charge in [-0.3, -0.25) is 9.89 Å². The van der Waals surface area contributed by atoms with Gasteiger partial charge in [0.25, 0.3) is 5.91 Å². The van der Waals surface area contributed by atoms with Crippen LogP contribution in [0.15, 0.2) is 30.6 Å². The van der Waals surface area contributed by atoms with Gasteiger partial charge in [-0.2, -0.15) is 5.10 Å². The number of hydrogen-bond donors (Lipinski definition) is 2. The summed E-state index contributed by atoms with van der Waals surface area (Å²) in [6.07, 6.45) is 3.11. The van der Waals surface area contributed by atoms with E-state index < -0.39 is 0 Å². The van der Waals surface area contributed by atoms with Crippen molar-refractivity contribution >= 4 is 11.6 Å². The molecular formula is C12H13N3O3. The van der Waals surface area contributed by atoms with Gasteiger partial charge in [0, 0.05) is 6.20 Å². The molecule has 2 rings (SSSR count). The maximum absolute atomic E-state index is 12.1. The third-order valence-corrected chi connectivity index (χ3v) is 2.40. The molecule has 0 saturated heterocycles. The number of benzene rings is 1. The molecule has 6 nitrogen and oxygen atoms in total. The summed E-state index contributed by atoms with van der Waals surface area (Å²) in [5.74, 6) is 0.630. The predicted molar refractivity (Wildman–Crippen MR) is 66.1 cm³/mol. The Balaban J connectivity index is 2.29. The lowest BCUT2D eigenvalue weighted by Crippen LogP contribution is -2.13. The van der Waals surface area contributed by atoms with Crippen LogP contribution in [0.5, 0.6) is 11.5 Å². The molecule has 1 amide bonds. The van der Waals surface area contributed by atoms with Gasteiger partial charge in [0.15, 0.2) is 11.5 Å². The van der Waals surface area contributed by atoms with Gasteiger partial charge in [0.05, 0.1) is 31.7 Å². The van der Waals surface area contributed by atoms with Crippen LogP contribution in [0, 0.1) is 0 Å². The number of nitrogens with one attached hydrogen (secondary N) is 2. The second kappa shape index (κ2) is 5.22. The summed E-state index contributed by atoms with van der Waals surface area (Å²) in [7, 11) is 3.02. The van der Waals surface area contributed by atoms with Crippen molar-refractivity contribution in [3.05, 3.63) is 36.2 Å². The van der Waals surface area contributed by atoms with Crippen molar-refractivity contribution < 1.29 is 14.3 Å². The van der Waals surface area contributed by atoms with E-state index in [1.54, 1.807) is 24.4 Å². The van der Waals surface area contributed by atoms with Crippen molar-refractivity contribution in [2.45, 2.75) is 0 Å². The molecule has 0 aliphatic carbocycles. The van der Waals surface area contributed by atoms with Gasteiger partial charge in [-0.15, -0.1) is 0 Å². The minimum absolute atomic E-state index is 0.285. The fourth-order valence-corrected chi connectivity index (χ4v) is 1.58. The Morgan fingerprint density at radius 1 is 1.33 bits per heavy atom. The summed E-state index contributed by atoms with van der Waals surface area (Å²) in [4.78, 5) is 12.1. The van der Waals surface area contributed by atoms with Crippen LogP contribution in [0.25, 0.3) is 0 Å². The van der Waals surface area contributed by atoms with Gasteiger partial charge in [-0.25, -0.2) is 0 Å². The van der Waals surface area contributed by atoms with Gasteiger partial charge >= 0.3 is 0 Å². The Hall–Kier alpha value is -2.50. The zero-order chi connectivity index (χ0) is 13.0. The molecule has 1 aromatic heterocycles. The van der Waals surface area contributed by atoms with Crippen molar-refractivity contribution in [2.75, 3.05) is 19.5 Å². The van der Waals surface area contributed by atoms with E-state index in [0.29, 0.717) is 22.7 Å². The molecule has 0 spiro atoms. The van der Waals surface area contributed by atoms with E-state index in [0.717, 1.165) is 0 Å². The first-order valence-electron chi connectivity index (χ1n) is 5.27. The number of rotatable bonds is 4. The number of hydrogen-bond acceptors (Lipinski definition) is 4. The summed E-state index contributed by atoms with van der Waals surface area (Å²) in [6, 6.07) is 5.12. The molecule has 0 aliphatic rings. The highest BCUT2D eigenvalue weighted by Gasteiger charge is 2.16. The molecule has 0 unspecified atom stereocenters. The summed E-state index contributed by atoms with van der Waals surface area (Å²) < 4.78 is 10.3. The monoisotopic (exact) mass is 247 g/mol. The number of para-hydroxylation sites is 1. The van der Waals surface area contributed by atoms with Gasteiger partial charge < -0.3 is 14.8 Å². The Morgan fingerprint density at radius 3 is 2.78 bits per heavy atom. The highest BCUT2D eigenvalue weighted by Crippen LogP contribution is 2.30. The number of ether oxygens (including phenoxy) is 2. The summed E-state index contributed by atoms with van der Waals surface area (Å²) in [6.45, 7) is 0. The zero-order valence-electron chi connectivity index (χ0n) is 10.1. The van der Waals surface area contributed by atoms with Crippen LogP contribution in [-0.4, -0.2) is 30.3 Å². The Bertz CT molecular complexity index is 538. The van der Waals surface area contributed by atoms with Crippen LogP contribution in [0.3, 0.4) is 0 Å². The van der Waals surface area contributed by atoms with E-state index in [4.69, 9.17) is 9.47 Å². The average Bonchev–Trinajstić information content (AvgIpc) is 2.90. The Kier molecular flexibility index (Phi) is 3.47. The number of methoxy groups -OCH3 is 2. The number of nitrogens with zero attached hydrogens (tertiary/aromatic N) is 1. The fraction of sp³-hybridized carbons (Fsp3) is 0.167. The SMILES string of the molecule is COc1cccc(C(=O)Nc2cn[nH]c2)c1OC. The molecule has 0 aliphatic heterocycles. The number of aromatic nitrogens is 2. The Morgan fingerprint density at radius 2 is 2.17 bits per heavy atom. The van der Waals surface area contributed by atoms with Crippen LogP contribution in [0.4, 0.5) is 5.69 Å². The maximum atomic E-state index is 12.1. The van der Waals surface area contributed by atoms with Crippen LogP contribution in [0.1, 0.15) is 10.4 Å². The van der Waals surface area contributed by atoms with Crippen molar-refractivity contribution in [3.8, 4) is 11.5 Å². The number of carbonyl (C=O) groups excluding carboxylic acids is 1. The Labute approximate surface area is 104 Å². The molecule has 18 heavy (non-hydrogen) atoms. The molecule has 0 atom stereocenters. The minimum Gasteiger partial charge on any atom is -0.493 e. The summed E-state index contributed by atoms with van der Waals surface area (Å²) in [5, 5.41) is 9.06. The van der Waals surface area contributed by atoms with E-state index in [-0.39, 0.29) is 5.91 Å². The lowest BCUT2D eigenvalue weighted by atomic mass is 10.1. The predicted octanol–water partition coefficient (Wildman–Crippen LogP) is 1.68. The molecule has 2 N–H and O–H groups in total. The van der Waals surface area contributed by atoms with E-state index >= 15 is 0 Å². The molecular weight excluding hydrogens is 234 g/mol. The topological polar surface area (TPSA) is 76.2 Å². The third kappa shape index (κ3) is 2.27. The largest absolute Gasteiger partial charge is 0.493 e. The van der Waals surface area contributed by atoms with Crippen LogP contribution >= 0.6 is 0 Å². The van der Waals surface area contributed by atoms with Gasteiger partial charge in [-0.05, 0) is 12.1 Å². The first-order valence-corrected chi connectivity index (χ1v) is 5.27. The molecule has 94 valence electrons. The molecule has 6 heteroatoms. The fourth-order valence-electron chi connectivity index (χ4n) is 1.58. The first kappa shape index (κ1) is 12.0. The second-order valence-electron chi connectivity index (χ2n) is 3.48. The van der Waals surface area contributed by atoms with Crippen molar-refractivity contribution in [1.82, 2.24) is 10.2 Å². The summed E-state index contributed by atoms with van der Waals surface area (Å²) >= 11 is 0.